The number of carbonyl (C=O) groups excluding carboxylic acids is 1. The normalized spacial score (nSPS) is 26.8. The van der Waals surface area contributed by atoms with Gasteiger partial charge in [0.05, 0.1) is 0 Å². The van der Waals surface area contributed by atoms with E-state index in [2.05, 4.69) is 11.4 Å². The average Bonchev–Trinajstić information content (AvgIpc) is 3.30. The Morgan fingerprint density at radius 2 is 1.95 bits per heavy atom. The van der Waals surface area contributed by atoms with E-state index in [0.717, 1.165) is 19.3 Å². The van der Waals surface area contributed by atoms with Crippen LogP contribution in [0.3, 0.4) is 0 Å². The van der Waals surface area contributed by atoms with Crippen LogP contribution in [0.15, 0.2) is 24.3 Å². The predicted molar refractivity (Wildman–Crippen MR) is 78.9 cm³/mol. The summed E-state index contributed by atoms with van der Waals surface area (Å²) >= 11 is 0. The van der Waals surface area contributed by atoms with E-state index in [1.165, 1.54) is 11.1 Å². The van der Waals surface area contributed by atoms with E-state index in [9.17, 15) is 14.7 Å². The van der Waals surface area contributed by atoms with Crippen LogP contribution in [0, 0.1) is 18.8 Å². The first-order valence-electron chi connectivity index (χ1n) is 7.54. The molecule has 0 unspecified atom stereocenters. The molecule has 3 atom stereocenters. The molecule has 1 aromatic rings. The van der Waals surface area contributed by atoms with Gasteiger partial charge in [0.1, 0.15) is 5.54 Å². The van der Waals surface area contributed by atoms with Crippen molar-refractivity contribution in [3.05, 3.63) is 35.4 Å². The Bertz CT molecular complexity index is 593. The number of carboxylic acid groups (broad SMARTS) is 1. The highest BCUT2D eigenvalue weighted by molar-refractivity contribution is 5.90. The zero-order chi connectivity index (χ0) is 15.2. The molecule has 0 spiro atoms. The molecule has 4 heteroatoms. The monoisotopic (exact) mass is 287 g/mol. The first-order valence-corrected chi connectivity index (χ1v) is 7.54. The number of carboxylic acids is 1. The van der Waals surface area contributed by atoms with Gasteiger partial charge in [-0.05, 0) is 56.1 Å². The highest BCUT2D eigenvalue weighted by Crippen LogP contribution is 2.49. The van der Waals surface area contributed by atoms with Gasteiger partial charge in [0, 0.05) is 5.92 Å². The number of hydrogen-bond acceptors (Lipinski definition) is 2. The molecule has 0 heterocycles. The van der Waals surface area contributed by atoms with Gasteiger partial charge in [-0.15, -0.1) is 0 Å². The third-order valence-corrected chi connectivity index (χ3v) is 4.94. The van der Waals surface area contributed by atoms with Gasteiger partial charge in [0.2, 0.25) is 5.91 Å². The molecule has 0 bridgehead atoms. The Balaban J connectivity index is 1.68. The summed E-state index contributed by atoms with van der Waals surface area (Å²) in [6.45, 7) is 3.68. The molecule has 2 saturated carbocycles. The van der Waals surface area contributed by atoms with Crippen molar-refractivity contribution in [1.29, 1.82) is 0 Å². The summed E-state index contributed by atoms with van der Waals surface area (Å²) in [5.41, 5.74) is 1.30. The van der Waals surface area contributed by atoms with Crippen molar-refractivity contribution in [1.82, 2.24) is 5.32 Å². The summed E-state index contributed by atoms with van der Waals surface area (Å²) in [7, 11) is 0. The molecule has 2 aliphatic carbocycles. The summed E-state index contributed by atoms with van der Waals surface area (Å²) in [6, 6.07) is 8.09. The number of carbonyl (C=O) groups is 2. The van der Waals surface area contributed by atoms with E-state index in [-0.39, 0.29) is 23.7 Å². The lowest BCUT2D eigenvalue weighted by atomic mass is 9.95. The fraction of sp³-hybridized carbons (Fsp3) is 0.529. The second-order valence-corrected chi connectivity index (χ2v) is 6.58. The Labute approximate surface area is 124 Å². The zero-order valence-electron chi connectivity index (χ0n) is 12.4. The van der Waals surface area contributed by atoms with E-state index >= 15 is 0 Å². The van der Waals surface area contributed by atoms with E-state index in [1.54, 1.807) is 6.92 Å². The van der Waals surface area contributed by atoms with Gasteiger partial charge in [0.25, 0.3) is 0 Å². The largest absolute Gasteiger partial charge is 0.480 e. The highest BCUT2D eigenvalue weighted by atomic mass is 16.4. The van der Waals surface area contributed by atoms with Crippen LogP contribution >= 0.6 is 0 Å². The molecule has 1 amide bonds. The van der Waals surface area contributed by atoms with Gasteiger partial charge in [-0.1, -0.05) is 24.3 Å². The standard InChI is InChI=1S/C17H21NO3/c1-10-5-3-4-6-12(10)13-9-14(13)15(19)18-17(2,16(20)21)11-7-8-11/h3-6,11,13-14H,7-9H2,1-2H3,(H,18,19)(H,20,21)/t13-,14-,17-/m0/s1. The molecule has 1 aromatic carbocycles. The summed E-state index contributed by atoms with van der Waals surface area (Å²) < 4.78 is 0. The molecule has 2 aliphatic rings. The first-order chi connectivity index (χ1) is 9.93. The Morgan fingerprint density at radius 3 is 2.52 bits per heavy atom. The summed E-state index contributed by atoms with van der Waals surface area (Å²) in [6.07, 6.45) is 2.58. The van der Waals surface area contributed by atoms with Crippen molar-refractivity contribution in [2.45, 2.75) is 44.6 Å². The molecule has 4 nitrogen and oxygen atoms in total. The van der Waals surface area contributed by atoms with Crippen LogP contribution in [0.1, 0.15) is 43.2 Å². The fourth-order valence-corrected chi connectivity index (χ4v) is 3.17. The van der Waals surface area contributed by atoms with Crippen LogP contribution in [0.4, 0.5) is 0 Å². The van der Waals surface area contributed by atoms with Gasteiger partial charge in [-0.25, -0.2) is 4.79 Å². The average molecular weight is 287 g/mol. The molecule has 2 fully saturated rings. The second kappa shape index (κ2) is 4.86. The number of aliphatic carboxylic acids is 1. The van der Waals surface area contributed by atoms with Crippen molar-refractivity contribution in [3.63, 3.8) is 0 Å². The van der Waals surface area contributed by atoms with Gasteiger partial charge in [0.15, 0.2) is 0 Å². The molecule has 0 aromatic heterocycles. The predicted octanol–water partition coefficient (Wildman–Crippen LogP) is 2.47. The highest BCUT2D eigenvalue weighted by Gasteiger charge is 2.52. The van der Waals surface area contributed by atoms with Gasteiger partial charge in [-0.2, -0.15) is 0 Å². The molecular weight excluding hydrogens is 266 g/mol. The number of amides is 1. The molecule has 0 saturated heterocycles. The minimum Gasteiger partial charge on any atom is -0.480 e. The number of rotatable bonds is 5. The minimum atomic E-state index is -1.10. The summed E-state index contributed by atoms with van der Waals surface area (Å²) in [5.74, 6) is -0.798. The minimum absolute atomic E-state index is 0.0783. The van der Waals surface area contributed by atoms with Gasteiger partial charge in [-0.3, -0.25) is 4.79 Å². The molecule has 3 rings (SSSR count). The first kappa shape index (κ1) is 14.1. The SMILES string of the molecule is Cc1ccccc1[C@@H]1C[C@@H]1C(=O)N[C@](C)(C(=O)O)C1CC1. The fourth-order valence-electron chi connectivity index (χ4n) is 3.17. The number of benzene rings is 1. The molecule has 2 N–H and O–H groups in total. The van der Waals surface area contributed by atoms with Crippen molar-refractivity contribution >= 4 is 11.9 Å². The van der Waals surface area contributed by atoms with Crippen molar-refractivity contribution in [3.8, 4) is 0 Å². The Morgan fingerprint density at radius 1 is 1.29 bits per heavy atom. The van der Waals surface area contributed by atoms with Crippen LogP contribution in [0.5, 0.6) is 0 Å². The lowest BCUT2D eigenvalue weighted by Gasteiger charge is -2.26. The van der Waals surface area contributed by atoms with Crippen LogP contribution in [-0.2, 0) is 9.59 Å². The summed E-state index contributed by atoms with van der Waals surface area (Å²) in [4.78, 5) is 23.9. The Hall–Kier alpha value is -1.84. The lowest BCUT2D eigenvalue weighted by Crippen LogP contribution is -2.54. The smallest absolute Gasteiger partial charge is 0.329 e. The van der Waals surface area contributed by atoms with E-state index in [0.29, 0.717) is 0 Å². The quantitative estimate of drug-likeness (QED) is 0.874. The third-order valence-electron chi connectivity index (χ3n) is 4.94. The number of nitrogens with one attached hydrogen (secondary N) is 1. The maximum absolute atomic E-state index is 12.4. The molecule has 21 heavy (non-hydrogen) atoms. The van der Waals surface area contributed by atoms with Crippen molar-refractivity contribution < 1.29 is 14.7 Å². The maximum Gasteiger partial charge on any atom is 0.329 e. The Kier molecular flexibility index (Phi) is 3.27. The van der Waals surface area contributed by atoms with Crippen molar-refractivity contribution in [2.24, 2.45) is 11.8 Å². The molecular formula is C17H21NO3. The summed E-state index contributed by atoms with van der Waals surface area (Å²) in [5, 5.41) is 12.2. The van der Waals surface area contributed by atoms with E-state index in [1.807, 2.05) is 25.1 Å². The van der Waals surface area contributed by atoms with Crippen LogP contribution in [0.2, 0.25) is 0 Å². The number of hydrogen-bond donors (Lipinski definition) is 2. The molecule has 112 valence electrons. The van der Waals surface area contributed by atoms with E-state index < -0.39 is 11.5 Å². The molecule has 0 aliphatic heterocycles. The van der Waals surface area contributed by atoms with Crippen LogP contribution in [0.25, 0.3) is 0 Å². The van der Waals surface area contributed by atoms with Gasteiger partial charge < -0.3 is 10.4 Å². The zero-order valence-corrected chi connectivity index (χ0v) is 12.4. The van der Waals surface area contributed by atoms with Crippen molar-refractivity contribution in [2.75, 3.05) is 0 Å². The lowest BCUT2D eigenvalue weighted by molar-refractivity contribution is -0.148. The van der Waals surface area contributed by atoms with Crippen LogP contribution < -0.4 is 5.32 Å². The topological polar surface area (TPSA) is 66.4 Å². The number of aryl methyl sites for hydroxylation is 1. The maximum atomic E-state index is 12.4. The van der Waals surface area contributed by atoms with Crippen LogP contribution in [-0.4, -0.2) is 22.5 Å². The second-order valence-electron chi connectivity index (χ2n) is 6.58. The third kappa shape index (κ3) is 2.55. The molecule has 0 radical (unpaired) electrons. The van der Waals surface area contributed by atoms with E-state index in [4.69, 9.17) is 0 Å². The van der Waals surface area contributed by atoms with Gasteiger partial charge >= 0.3 is 5.97 Å².